The SMILES string of the molecule is CCC(C)c1c(C)cc2c(cnn2C2CCCCO2)c1B1OC(C)(C)C(C)(C)O1. The third-order valence-corrected chi connectivity index (χ3v) is 7.21. The van der Waals surface area contributed by atoms with Crippen molar-refractivity contribution in [3.63, 3.8) is 0 Å². The van der Waals surface area contributed by atoms with Crippen LogP contribution >= 0.6 is 0 Å². The molecule has 2 aliphatic heterocycles. The third-order valence-electron chi connectivity index (χ3n) is 7.21. The van der Waals surface area contributed by atoms with Gasteiger partial charge in [0.05, 0.1) is 22.9 Å². The van der Waals surface area contributed by atoms with Gasteiger partial charge in [0.15, 0.2) is 6.23 Å². The van der Waals surface area contributed by atoms with Crippen LogP contribution in [0.15, 0.2) is 12.3 Å². The Balaban J connectivity index is 1.89. The molecule has 2 aromatic rings. The lowest BCUT2D eigenvalue weighted by Gasteiger charge is -2.32. The van der Waals surface area contributed by atoms with E-state index in [0.29, 0.717) is 5.92 Å². The van der Waals surface area contributed by atoms with Crippen molar-refractivity contribution in [2.75, 3.05) is 6.61 Å². The maximum atomic E-state index is 6.51. The van der Waals surface area contributed by atoms with Crippen molar-refractivity contribution < 1.29 is 14.0 Å². The van der Waals surface area contributed by atoms with Gasteiger partial charge < -0.3 is 14.0 Å². The molecule has 1 aromatic carbocycles. The summed E-state index contributed by atoms with van der Waals surface area (Å²) in [7, 11) is -0.392. The molecule has 0 spiro atoms. The second-order valence-corrected chi connectivity index (χ2v) is 9.76. The smallest absolute Gasteiger partial charge is 0.399 e. The van der Waals surface area contributed by atoms with Crippen molar-refractivity contribution in [3.8, 4) is 0 Å². The molecular formula is C23H35BN2O3. The molecule has 1 aromatic heterocycles. The number of aryl methyl sites for hydroxylation is 1. The van der Waals surface area contributed by atoms with Gasteiger partial charge >= 0.3 is 7.12 Å². The molecule has 29 heavy (non-hydrogen) atoms. The molecule has 3 heterocycles. The van der Waals surface area contributed by atoms with Crippen molar-refractivity contribution >= 4 is 23.5 Å². The van der Waals surface area contributed by atoms with E-state index in [1.165, 1.54) is 17.5 Å². The standard InChI is InChI=1S/C23H35BN2O3/c1-8-15(2)20-16(3)13-18-17(14-25-26(18)19-11-9-10-12-27-19)21(20)24-28-22(4,5)23(6,7)29-24/h13-15,19H,8-12H2,1-7H3. The Labute approximate surface area is 175 Å². The zero-order chi connectivity index (χ0) is 21.0. The van der Waals surface area contributed by atoms with E-state index < -0.39 is 7.12 Å². The monoisotopic (exact) mass is 398 g/mol. The Hall–Kier alpha value is -1.37. The van der Waals surface area contributed by atoms with E-state index in [1.807, 2.05) is 6.20 Å². The summed E-state index contributed by atoms with van der Waals surface area (Å²) >= 11 is 0. The summed E-state index contributed by atoms with van der Waals surface area (Å²) in [4.78, 5) is 0. The molecule has 5 nitrogen and oxygen atoms in total. The van der Waals surface area contributed by atoms with Gasteiger partial charge in [-0.2, -0.15) is 5.10 Å². The van der Waals surface area contributed by atoms with Crippen LogP contribution in [0.4, 0.5) is 0 Å². The number of benzene rings is 1. The molecule has 2 unspecified atom stereocenters. The highest BCUT2D eigenvalue weighted by molar-refractivity contribution is 6.65. The lowest BCUT2D eigenvalue weighted by atomic mass is 9.70. The molecule has 0 amide bonds. The van der Waals surface area contributed by atoms with Crippen LogP contribution in [0.1, 0.15) is 90.5 Å². The van der Waals surface area contributed by atoms with Crippen molar-refractivity contribution in [3.05, 3.63) is 23.4 Å². The van der Waals surface area contributed by atoms with Gasteiger partial charge in [-0.25, -0.2) is 4.68 Å². The summed E-state index contributed by atoms with van der Waals surface area (Å²) in [5.41, 5.74) is 4.13. The lowest BCUT2D eigenvalue weighted by Crippen LogP contribution is -2.41. The Morgan fingerprint density at radius 2 is 1.90 bits per heavy atom. The number of hydrogen-bond donors (Lipinski definition) is 0. The average molecular weight is 398 g/mol. The maximum absolute atomic E-state index is 6.51. The first-order valence-electron chi connectivity index (χ1n) is 11.1. The van der Waals surface area contributed by atoms with E-state index in [0.717, 1.165) is 42.2 Å². The highest BCUT2D eigenvalue weighted by Crippen LogP contribution is 2.39. The molecule has 4 rings (SSSR count). The number of nitrogens with zero attached hydrogens (tertiary/aromatic N) is 2. The first-order valence-corrected chi connectivity index (χ1v) is 11.1. The highest BCUT2D eigenvalue weighted by atomic mass is 16.7. The first-order chi connectivity index (χ1) is 13.7. The molecule has 6 heteroatoms. The number of ether oxygens (including phenoxy) is 1. The largest absolute Gasteiger partial charge is 0.495 e. The molecule has 2 aliphatic rings. The summed E-state index contributed by atoms with van der Waals surface area (Å²) in [5, 5.41) is 5.90. The van der Waals surface area contributed by atoms with Crippen LogP contribution in [0.2, 0.25) is 0 Å². The molecule has 158 valence electrons. The topological polar surface area (TPSA) is 45.5 Å². The van der Waals surface area contributed by atoms with E-state index in [2.05, 4.69) is 59.2 Å². The van der Waals surface area contributed by atoms with Crippen LogP contribution in [0, 0.1) is 6.92 Å². The van der Waals surface area contributed by atoms with Crippen molar-refractivity contribution in [2.45, 2.75) is 97.5 Å². The second kappa shape index (κ2) is 7.40. The van der Waals surface area contributed by atoms with Crippen molar-refractivity contribution in [1.29, 1.82) is 0 Å². The Kier molecular flexibility index (Phi) is 5.33. The predicted molar refractivity (Wildman–Crippen MR) is 118 cm³/mol. The van der Waals surface area contributed by atoms with Crippen LogP contribution in [-0.4, -0.2) is 34.7 Å². The first kappa shape index (κ1) is 20.9. The van der Waals surface area contributed by atoms with Gasteiger partial charge in [0.25, 0.3) is 0 Å². The van der Waals surface area contributed by atoms with Gasteiger partial charge in [-0.3, -0.25) is 0 Å². The van der Waals surface area contributed by atoms with Gasteiger partial charge in [0.1, 0.15) is 0 Å². The normalized spacial score (nSPS) is 24.9. The lowest BCUT2D eigenvalue weighted by molar-refractivity contribution is -0.0366. The molecule has 2 atom stereocenters. The summed E-state index contributed by atoms with van der Waals surface area (Å²) in [6, 6.07) is 2.27. The molecule has 2 saturated heterocycles. The second-order valence-electron chi connectivity index (χ2n) is 9.76. The van der Waals surface area contributed by atoms with Crippen LogP contribution in [0.25, 0.3) is 10.9 Å². The Bertz CT molecular complexity index is 883. The van der Waals surface area contributed by atoms with Crippen LogP contribution in [-0.2, 0) is 14.0 Å². The number of rotatable bonds is 4. The quantitative estimate of drug-likeness (QED) is 0.691. The number of fused-ring (bicyclic) bond motifs is 1. The van der Waals surface area contributed by atoms with Crippen LogP contribution in [0.5, 0.6) is 0 Å². The number of hydrogen-bond acceptors (Lipinski definition) is 4. The fourth-order valence-corrected chi connectivity index (χ4v) is 4.58. The van der Waals surface area contributed by atoms with Gasteiger partial charge in [0, 0.05) is 12.0 Å². The predicted octanol–water partition coefficient (Wildman–Crippen LogP) is 4.86. The minimum absolute atomic E-state index is 0.0150. The van der Waals surface area contributed by atoms with E-state index in [1.54, 1.807) is 0 Å². The molecule has 0 saturated carbocycles. The minimum atomic E-state index is -0.392. The van der Waals surface area contributed by atoms with Gasteiger partial charge in [-0.05, 0) is 88.9 Å². The maximum Gasteiger partial charge on any atom is 0.495 e. The van der Waals surface area contributed by atoms with Gasteiger partial charge in [-0.15, -0.1) is 0 Å². The summed E-state index contributed by atoms with van der Waals surface area (Å²) in [6.07, 6.45) is 6.39. The average Bonchev–Trinajstić information content (AvgIpc) is 3.18. The van der Waals surface area contributed by atoms with E-state index >= 15 is 0 Å². The molecular weight excluding hydrogens is 363 g/mol. The fourth-order valence-electron chi connectivity index (χ4n) is 4.58. The molecule has 0 aliphatic carbocycles. The molecule has 0 radical (unpaired) electrons. The molecule has 0 bridgehead atoms. The molecule has 0 N–H and O–H groups in total. The van der Waals surface area contributed by atoms with Gasteiger partial charge in [-0.1, -0.05) is 13.8 Å². The summed E-state index contributed by atoms with van der Waals surface area (Å²) < 4.78 is 21.1. The zero-order valence-electron chi connectivity index (χ0n) is 19.0. The van der Waals surface area contributed by atoms with E-state index in [9.17, 15) is 0 Å². The summed E-state index contributed by atoms with van der Waals surface area (Å²) in [6.45, 7) is 16.0. The molecule has 2 fully saturated rings. The fraction of sp³-hybridized carbons (Fsp3) is 0.696. The van der Waals surface area contributed by atoms with Gasteiger partial charge in [0.2, 0.25) is 0 Å². The Morgan fingerprint density at radius 1 is 1.21 bits per heavy atom. The third kappa shape index (κ3) is 3.43. The van der Waals surface area contributed by atoms with Crippen molar-refractivity contribution in [2.24, 2.45) is 0 Å². The van der Waals surface area contributed by atoms with E-state index in [-0.39, 0.29) is 17.4 Å². The summed E-state index contributed by atoms with van der Waals surface area (Å²) in [5.74, 6) is 0.419. The highest BCUT2D eigenvalue weighted by Gasteiger charge is 2.53. The van der Waals surface area contributed by atoms with E-state index in [4.69, 9.17) is 19.1 Å². The number of aromatic nitrogens is 2. The van der Waals surface area contributed by atoms with Crippen molar-refractivity contribution in [1.82, 2.24) is 9.78 Å². The van der Waals surface area contributed by atoms with Crippen LogP contribution in [0.3, 0.4) is 0 Å². The van der Waals surface area contributed by atoms with Crippen LogP contribution < -0.4 is 5.46 Å². The zero-order valence-corrected chi connectivity index (χ0v) is 19.0. The Morgan fingerprint density at radius 3 is 2.48 bits per heavy atom. The minimum Gasteiger partial charge on any atom is -0.399 e.